The molecule has 0 saturated carbocycles. The summed E-state index contributed by atoms with van der Waals surface area (Å²) in [6, 6.07) is 23.2. The van der Waals surface area contributed by atoms with E-state index in [9.17, 15) is 4.79 Å². The number of carbonyl (C=O) groups is 1. The summed E-state index contributed by atoms with van der Waals surface area (Å²) in [7, 11) is 0. The van der Waals surface area contributed by atoms with Gasteiger partial charge in [-0.1, -0.05) is 54.1 Å². The Morgan fingerprint density at radius 3 is 2.48 bits per heavy atom. The molecule has 1 saturated heterocycles. The summed E-state index contributed by atoms with van der Waals surface area (Å²) >= 11 is 0. The summed E-state index contributed by atoms with van der Waals surface area (Å²) in [6.07, 6.45) is 0.491. The lowest BCUT2D eigenvalue weighted by atomic mass is 10.1. The van der Waals surface area contributed by atoms with Gasteiger partial charge in [-0.2, -0.15) is 0 Å². The predicted molar refractivity (Wildman–Crippen MR) is 126 cm³/mol. The van der Waals surface area contributed by atoms with Crippen LogP contribution in [-0.2, 0) is 11.3 Å². The highest BCUT2D eigenvalue weighted by molar-refractivity contribution is 5.97. The van der Waals surface area contributed by atoms with Gasteiger partial charge in [0.25, 0.3) is 0 Å². The first-order valence-corrected chi connectivity index (χ1v) is 10.9. The Balaban J connectivity index is 1.53. The number of imidazole rings is 1. The van der Waals surface area contributed by atoms with E-state index in [0.29, 0.717) is 13.0 Å². The van der Waals surface area contributed by atoms with Gasteiger partial charge in [0, 0.05) is 31.1 Å². The Morgan fingerprint density at radius 1 is 0.935 bits per heavy atom. The van der Waals surface area contributed by atoms with Gasteiger partial charge in [0.2, 0.25) is 5.91 Å². The van der Waals surface area contributed by atoms with Crippen molar-refractivity contribution in [2.24, 2.45) is 0 Å². The number of aryl methyl sites for hydroxylation is 3. The number of nitrogens with zero attached hydrogens (tertiary/aromatic N) is 3. The first-order valence-electron chi connectivity index (χ1n) is 10.9. The van der Waals surface area contributed by atoms with Crippen molar-refractivity contribution in [1.29, 1.82) is 0 Å². The SMILES string of the molecule is Cc1ccc(Cn2c([C@H]3CC(=O)N(c4cc(C)ccc4C)C3)nc3ccccc32)cc1. The molecule has 1 amide bonds. The maximum atomic E-state index is 13.0. The van der Waals surface area contributed by atoms with E-state index < -0.39 is 0 Å². The van der Waals surface area contributed by atoms with Crippen LogP contribution in [0.1, 0.15) is 40.4 Å². The molecule has 1 aliphatic rings. The first-order chi connectivity index (χ1) is 15.0. The third-order valence-electron chi connectivity index (χ3n) is 6.29. The third-order valence-corrected chi connectivity index (χ3v) is 6.29. The molecule has 0 bridgehead atoms. The minimum absolute atomic E-state index is 0.0743. The minimum Gasteiger partial charge on any atom is -0.323 e. The number of anilines is 1. The van der Waals surface area contributed by atoms with Crippen LogP contribution in [-0.4, -0.2) is 22.0 Å². The fraction of sp³-hybridized carbons (Fsp3) is 0.259. The summed E-state index contributed by atoms with van der Waals surface area (Å²) in [5, 5.41) is 0. The highest BCUT2D eigenvalue weighted by atomic mass is 16.2. The van der Waals surface area contributed by atoms with Gasteiger partial charge in [0.05, 0.1) is 11.0 Å². The molecule has 1 aliphatic heterocycles. The van der Waals surface area contributed by atoms with E-state index >= 15 is 0 Å². The van der Waals surface area contributed by atoms with E-state index in [4.69, 9.17) is 4.98 Å². The number of aromatic nitrogens is 2. The lowest BCUT2D eigenvalue weighted by Crippen LogP contribution is -2.25. The topological polar surface area (TPSA) is 38.1 Å². The van der Waals surface area contributed by atoms with E-state index in [0.717, 1.165) is 34.7 Å². The van der Waals surface area contributed by atoms with Crippen LogP contribution >= 0.6 is 0 Å². The molecule has 156 valence electrons. The van der Waals surface area contributed by atoms with Gasteiger partial charge in [0.1, 0.15) is 5.82 Å². The Labute approximate surface area is 183 Å². The summed E-state index contributed by atoms with van der Waals surface area (Å²) < 4.78 is 2.30. The lowest BCUT2D eigenvalue weighted by molar-refractivity contribution is -0.117. The maximum Gasteiger partial charge on any atom is 0.227 e. The Hall–Kier alpha value is -3.40. The van der Waals surface area contributed by atoms with Gasteiger partial charge in [-0.25, -0.2) is 4.98 Å². The quantitative estimate of drug-likeness (QED) is 0.444. The van der Waals surface area contributed by atoms with E-state index in [-0.39, 0.29) is 11.8 Å². The zero-order chi connectivity index (χ0) is 21.5. The maximum absolute atomic E-state index is 13.0. The Kier molecular flexibility index (Phi) is 4.85. The van der Waals surface area contributed by atoms with Gasteiger partial charge >= 0.3 is 0 Å². The van der Waals surface area contributed by atoms with E-state index in [1.807, 2.05) is 11.0 Å². The Morgan fingerprint density at radius 2 is 1.68 bits per heavy atom. The van der Waals surface area contributed by atoms with Gasteiger partial charge in [-0.3, -0.25) is 4.79 Å². The molecule has 0 spiro atoms. The van der Waals surface area contributed by atoms with Crippen molar-refractivity contribution in [2.75, 3.05) is 11.4 Å². The van der Waals surface area contributed by atoms with E-state index in [2.05, 4.69) is 86.0 Å². The zero-order valence-electron chi connectivity index (χ0n) is 18.3. The van der Waals surface area contributed by atoms with Crippen LogP contribution in [0.15, 0.2) is 66.7 Å². The highest BCUT2D eigenvalue weighted by Gasteiger charge is 2.35. The number of para-hydroxylation sites is 2. The molecule has 4 nitrogen and oxygen atoms in total. The fourth-order valence-corrected chi connectivity index (χ4v) is 4.57. The smallest absolute Gasteiger partial charge is 0.227 e. The van der Waals surface area contributed by atoms with Crippen LogP contribution in [0.3, 0.4) is 0 Å². The van der Waals surface area contributed by atoms with Gasteiger partial charge < -0.3 is 9.47 Å². The van der Waals surface area contributed by atoms with Crippen LogP contribution in [0.4, 0.5) is 5.69 Å². The number of carbonyl (C=O) groups excluding carboxylic acids is 1. The van der Waals surface area contributed by atoms with Crippen molar-refractivity contribution in [3.63, 3.8) is 0 Å². The molecule has 1 atom stereocenters. The molecule has 31 heavy (non-hydrogen) atoms. The number of amides is 1. The molecule has 2 heterocycles. The second kappa shape index (κ2) is 7.69. The molecule has 4 aromatic rings. The first kappa shape index (κ1) is 19.6. The standard InChI is InChI=1S/C27H27N3O/c1-18-9-12-21(13-10-18)16-30-24-7-5-4-6-23(24)28-27(30)22-15-26(31)29(17-22)25-14-19(2)8-11-20(25)3/h4-14,22H,15-17H2,1-3H3/t22-/m0/s1. The highest BCUT2D eigenvalue weighted by Crippen LogP contribution is 2.35. The van der Waals surface area contributed by atoms with Crippen molar-refractivity contribution in [3.05, 3.63) is 94.8 Å². The van der Waals surface area contributed by atoms with Crippen molar-refractivity contribution >= 4 is 22.6 Å². The summed E-state index contributed by atoms with van der Waals surface area (Å²) in [5.74, 6) is 1.25. The molecule has 1 fully saturated rings. The molecule has 4 heteroatoms. The molecule has 1 aromatic heterocycles. The number of benzene rings is 3. The van der Waals surface area contributed by atoms with Gasteiger partial charge in [-0.15, -0.1) is 0 Å². The van der Waals surface area contributed by atoms with Crippen molar-refractivity contribution < 1.29 is 4.79 Å². The minimum atomic E-state index is 0.0743. The largest absolute Gasteiger partial charge is 0.323 e. The van der Waals surface area contributed by atoms with Crippen molar-refractivity contribution in [1.82, 2.24) is 9.55 Å². The lowest BCUT2D eigenvalue weighted by Gasteiger charge is -2.20. The molecule has 3 aromatic carbocycles. The zero-order valence-corrected chi connectivity index (χ0v) is 18.3. The predicted octanol–water partition coefficient (Wildman–Crippen LogP) is 5.53. The van der Waals surface area contributed by atoms with Crippen LogP contribution in [0.5, 0.6) is 0 Å². The van der Waals surface area contributed by atoms with Crippen LogP contribution in [0, 0.1) is 20.8 Å². The van der Waals surface area contributed by atoms with Crippen molar-refractivity contribution in [3.8, 4) is 0 Å². The normalized spacial score (nSPS) is 16.4. The number of fused-ring (bicyclic) bond motifs is 1. The second-order valence-corrected chi connectivity index (χ2v) is 8.73. The monoisotopic (exact) mass is 409 g/mol. The molecular formula is C27H27N3O. The van der Waals surface area contributed by atoms with Gasteiger partial charge in [-0.05, 0) is 55.7 Å². The molecule has 0 N–H and O–H groups in total. The van der Waals surface area contributed by atoms with E-state index in [1.165, 1.54) is 16.7 Å². The van der Waals surface area contributed by atoms with E-state index in [1.54, 1.807) is 0 Å². The summed E-state index contributed by atoms with van der Waals surface area (Å²) in [6.45, 7) is 7.67. The van der Waals surface area contributed by atoms with Gasteiger partial charge in [0.15, 0.2) is 0 Å². The van der Waals surface area contributed by atoms with Crippen LogP contribution in [0.2, 0.25) is 0 Å². The Bertz CT molecular complexity index is 1270. The molecule has 5 rings (SSSR count). The average molecular weight is 410 g/mol. The number of hydrogen-bond donors (Lipinski definition) is 0. The second-order valence-electron chi connectivity index (χ2n) is 8.73. The number of rotatable bonds is 4. The summed E-state index contributed by atoms with van der Waals surface area (Å²) in [5.41, 5.74) is 7.93. The third kappa shape index (κ3) is 3.63. The molecular weight excluding hydrogens is 382 g/mol. The number of hydrogen-bond acceptors (Lipinski definition) is 2. The average Bonchev–Trinajstić information content (AvgIpc) is 3.32. The molecule has 0 aliphatic carbocycles. The van der Waals surface area contributed by atoms with Crippen molar-refractivity contribution in [2.45, 2.75) is 39.7 Å². The molecule has 0 unspecified atom stereocenters. The van der Waals surface area contributed by atoms with Crippen LogP contribution < -0.4 is 4.90 Å². The molecule has 0 radical (unpaired) electrons. The summed E-state index contributed by atoms with van der Waals surface area (Å²) in [4.78, 5) is 20.0. The fourth-order valence-electron chi connectivity index (χ4n) is 4.57. The van der Waals surface area contributed by atoms with Crippen LogP contribution in [0.25, 0.3) is 11.0 Å².